The molecule has 0 spiro atoms. The molecule has 4 aromatic rings. The van der Waals surface area contributed by atoms with Crippen molar-refractivity contribution >= 4 is 27.3 Å². The fourth-order valence-corrected chi connectivity index (χ4v) is 4.48. The number of rotatable bonds is 6. The average Bonchev–Trinajstić information content (AvgIpc) is 3.30. The molecule has 1 aromatic heterocycles. The van der Waals surface area contributed by atoms with Gasteiger partial charge in [-0.25, -0.2) is 13.1 Å². The number of nitrogens with one attached hydrogen (secondary N) is 2. The molecule has 4 rings (SSSR count). The molecule has 0 aliphatic rings. The van der Waals surface area contributed by atoms with Gasteiger partial charge in [-0.15, -0.1) is 5.10 Å². The summed E-state index contributed by atoms with van der Waals surface area (Å²) in [6, 6.07) is 18.6. The van der Waals surface area contributed by atoms with Crippen LogP contribution in [0.3, 0.4) is 0 Å². The van der Waals surface area contributed by atoms with Gasteiger partial charge < -0.3 is 5.32 Å². The molecule has 0 saturated heterocycles. The third-order valence-electron chi connectivity index (χ3n) is 4.73. The summed E-state index contributed by atoms with van der Waals surface area (Å²) in [6.07, 6.45) is 1.43. The Morgan fingerprint density at radius 3 is 2.50 bits per heavy atom. The van der Waals surface area contributed by atoms with Gasteiger partial charge in [-0.1, -0.05) is 24.3 Å². The molecule has 0 atom stereocenters. The first-order valence-electron chi connectivity index (χ1n) is 9.67. The van der Waals surface area contributed by atoms with E-state index in [0.29, 0.717) is 28.2 Å². The maximum absolute atomic E-state index is 13.0. The molecular weight excluding hydrogens is 428 g/mol. The molecule has 0 aliphatic carbocycles. The third-order valence-corrected chi connectivity index (χ3v) is 6.25. The van der Waals surface area contributed by atoms with Crippen molar-refractivity contribution in [3.63, 3.8) is 0 Å². The fourth-order valence-electron chi connectivity index (χ4n) is 3.16. The Labute approximate surface area is 185 Å². The van der Waals surface area contributed by atoms with Gasteiger partial charge >= 0.3 is 0 Å². The van der Waals surface area contributed by atoms with Crippen LogP contribution in [0, 0.1) is 13.8 Å². The lowest BCUT2D eigenvalue weighted by atomic mass is 10.1. The van der Waals surface area contributed by atoms with Crippen LogP contribution in [0.15, 0.2) is 78.0 Å². The summed E-state index contributed by atoms with van der Waals surface area (Å²) >= 11 is 0. The molecule has 3 aromatic carbocycles. The standard InChI is InChI=1S/C22H20N6O3S/c1-15-5-3-7-19(11-15)25-32(30,31)21-13-18(10-9-16(21)2)24-22(29)17-6-4-8-20(12-17)28-14-23-26-27-28/h3-14,25H,1-2H3,(H,24,29). The zero-order valence-electron chi connectivity index (χ0n) is 17.4. The molecule has 0 aliphatic heterocycles. The summed E-state index contributed by atoms with van der Waals surface area (Å²) in [5.74, 6) is -0.390. The first-order valence-corrected chi connectivity index (χ1v) is 11.1. The lowest BCUT2D eigenvalue weighted by Crippen LogP contribution is -2.16. The van der Waals surface area contributed by atoms with E-state index in [9.17, 15) is 13.2 Å². The molecule has 0 saturated carbocycles. The minimum Gasteiger partial charge on any atom is -0.322 e. The minimum atomic E-state index is -3.85. The largest absolute Gasteiger partial charge is 0.322 e. The molecular formula is C22H20N6O3S. The van der Waals surface area contributed by atoms with Gasteiger partial charge in [0.2, 0.25) is 0 Å². The van der Waals surface area contributed by atoms with Crippen molar-refractivity contribution in [1.29, 1.82) is 0 Å². The summed E-state index contributed by atoms with van der Waals surface area (Å²) in [7, 11) is -3.85. The Balaban J connectivity index is 1.58. The minimum absolute atomic E-state index is 0.0826. The van der Waals surface area contributed by atoms with Gasteiger partial charge in [0.25, 0.3) is 15.9 Å². The van der Waals surface area contributed by atoms with Crippen molar-refractivity contribution in [2.75, 3.05) is 10.0 Å². The van der Waals surface area contributed by atoms with E-state index in [1.165, 1.54) is 17.1 Å². The van der Waals surface area contributed by atoms with E-state index in [0.717, 1.165) is 5.56 Å². The number of aryl methyl sites for hydroxylation is 2. The molecule has 9 nitrogen and oxygen atoms in total. The lowest BCUT2D eigenvalue weighted by molar-refractivity contribution is 0.102. The number of nitrogens with zero attached hydrogens (tertiary/aromatic N) is 4. The predicted octanol–water partition coefficient (Wildman–Crippen LogP) is 3.33. The number of benzene rings is 3. The summed E-state index contributed by atoms with van der Waals surface area (Å²) in [5, 5.41) is 13.7. The molecule has 10 heteroatoms. The van der Waals surface area contributed by atoms with Gasteiger partial charge in [0.05, 0.1) is 10.6 Å². The second-order valence-corrected chi connectivity index (χ2v) is 8.86. The van der Waals surface area contributed by atoms with Gasteiger partial charge in [0, 0.05) is 16.9 Å². The Morgan fingerprint density at radius 2 is 1.75 bits per heavy atom. The van der Waals surface area contributed by atoms with Crippen LogP contribution in [0.2, 0.25) is 0 Å². The number of hydrogen-bond acceptors (Lipinski definition) is 6. The molecule has 162 valence electrons. The third kappa shape index (κ3) is 4.65. The number of carbonyl (C=O) groups is 1. The van der Waals surface area contributed by atoms with Crippen LogP contribution in [0.4, 0.5) is 11.4 Å². The van der Waals surface area contributed by atoms with E-state index >= 15 is 0 Å². The maximum Gasteiger partial charge on any atom is 0.262 e. The van der Waals surface area contributed by atoms with Crippen molar-refractivity contribution in [1.82, 2.24) is 20.2 Å². The molecule has 0 radical (unpaired) electrons. The topological polar surface area (TPSA) is 119 Å². The van der Waals surface area contributed by atoms with E-state index in [2.05, 4.69) is 25.6 Å². The first-order chi connectivity index (χ1) is 15.3. The number of hydrogen-bond donors (Lipinski definition) is 2. The van der Waals surface area contributed by atoms with Crippen LogP contribution < -0.4 is 10.0 Å². The molecule has 2 N–H and O–H groups in total. The van der Waals surface area contributed by atoms with Crippen LogP contribution in [-0.4, -0.2) is 34.5 Å². The van der Waals surface area contributed by atoms with Gasteiger partial charge in [0.1, 0.15) is 6.33 Å². The van der Waals surface area contributed by atoms with Crippen LogP contribution in [0.25, 0.3) is 5.69 Å². The van der Waals surface area contributed by atoms with Gasteiger partial charge in [-0.2, -0.15) is 0 Å². The summed E-state index contributed by atoms with van der Waals surface area (Å²) < 4.78 is 30.0. The molecule has 0 fully saturated rings. The van der Waals surface area contributed by atoms with Crippen LogP contribution in [0.1, 0.15) is 21.5 Å². The van der Waals surface area contributed by atoms with Crippen LogP contribution in [-0.2, 0) is 10.0 Å². The van der Waals surface area contributed by atoms with Gasteiger partial charge in [-0.3, -0.25) is 9.52 Å². The second-order valence-electron chi connectivity index (χ2n) is 7.21. The smallest absolute Gasteiger partial charge is 0.262 e. The summed E-state index contributed by atoms with van der Waals surface area (Å²) in [5.41, 5.74) is 3.32. The normalized spacial score (nSPS) is 11.2. The number of carbonyl (C=O) groups excluding carboxylic acids is 1. The van der Waals surface area contributed by atoms with E-state index in [4.69, 9.17) is 0 Å². The zero-order valence-corrected chi connectivity index (χ0v) is 18.2. The van der Waals surface area contributed by atoms with Crippen molar-refractivity contribution in [3.8, 4) is 5.69 Å². The van der Waals surface area contributed by atoms with Crippen molar-refractivity contribution < 1.29 is 13.2 Å². The number of amides is 1. The average molecular weight is 449 g/mol. The lowest BCUT2D eigenvalue weighted by Gasteiger charge is -2.13. The predicted molar refractivity (Wildman–Crippen MR) is 120 cm³/mol. The van der Waals surface area contributed by atoms with E-state index in [1.807, 2.05) is 13.0 Å². The number of tetrazole rings is 1. The van der Waals surface area contributed by atoms with Crippen molar-refractivity contribution in [2.24, 2.45) is 0 Å². The molecule has 1 amide bonds. The highest BCUT2D eigenvalue weighted by molar-refractivity contribution is 7.92. The second kappa shape index (κ2) is 8.60. The van der Waals surface area contributed by atoms with Crippen molar-refractivity contribution in [2.45, 2.75) is 18.7 Å². The molecule has 1 heterocycles. The molecule has 32 heavy (non-hydrogen) atoms. The Hall–Kier alpha value is -4.05. The van der Waals surface area contributed by atoms with Crippen molar-refractivity contribution in [3.05, 3.63) is 89.7 Å². The number of anilines is 2. The number of aromatic nitrogens is 4. The first kappa shape index (κ1) is 21.2. The quantitative estimate of drug-likeness (QED) is 0.467. The Kier molecular flexibility index (Phi) is 5.69. The summed E-state index contributed by atoms with van der Waals surface area (Å²) in [4.78, 5) is 12.9. The van der Waals surface area contributed by atoms with E-state index in [-0.39, 0.29) is 4.90 Å². The Morgan fingerprint density at radius 1 is 0.938 bits per heavy atom. The Bertz CT molecular complexity index is 1380. The highest BCUT2D eigenvalue weighted by atomic mass is 32.2. The SMILES string of the molecule is Cc1cccc(NS(=O)(=O)c2cc(NC(=O)c3cccc(-n4cnnn4)c3)ccc2C)c1. The van der Waals surface area contributed by atoms with E-state index < -0.39 is 15.9 Å². The van der Waals surface area contributed by atoms with Gasteiger partial charge in [-0.05, 0) is 77.9 Å². The monoisotopic (exact) mass is 448 g/mol. The van der Waals surface area contributed by atoms with Crippen LogP contribution >= 0.6 is 0 Å². The molecule has 0 bridgehead atoms. The van der Waals surface area contributed by atoms with Crippen LogP contribution in [0.5, 0.6) is 0 Å². The number of sulfonamides is 1. The summed E-state index contributed by atoms with van der Waals surface area (Å²) in [6.45, 7) is 3.58. The highest BCUT2D eigenvalue weighted by Crippen LogP contribution is 2.24. The fraction of sp³-hybridized carbons (Fsp3) is 0.0909. The van der Waals surface area contributed by atoms with E-state index in [1.54, 1.807) is 61.5 Å². The maximum atomic E-state index is 13.0. The molecule has 0 unspecified atom stereocenters. The highest BCUT2D eigenvalue weighted by Gasteiger charge is 2.19. The zero-order chi connectivity index (χ0) is 22.7. The van der Waals surface area contributed by atoms with Gasteiger partial charge in [0.15, 0.2) is 0 Å².